The summed E-state index contributed by atoms with van der Waals surface area (Å²) in [5, 5.41) is 2.86. The number of hydrogen-bond acceptors (Lipinski definition) is 6. The van der Waals surface area contributed by atoms with Crippen LogP contribution in [0.2, 0.25) is 0 Å². The Labute approximate surface area is 181 Å². The van der Waals surface area contributed by atoms with Crippen molar-refractivity contribution in [3.05, 3.63) is 72.1 Å². The fourth-order valence-corrected chi connectivity index (χ4v) is 2.98. The number of hydrogen-bond donors (Lipinski definition) is 1. The van der Waals surface area contributed by atoms with Crippen molar-refractivity contribution < 1.29 is 19.0 Å². The van der Waals surface area contributed by atoms with E-state index in [9.17, 15) is 4.79 Å². The zero-order valence-electron chi connectivity index (χ0n) is 17.8. The predicted octanol–water partition coefficient (Wildman–Crippen LogP) is 3.54. The van der Waals surface area contributed by atoms with Gasteiger partial charge in [-0.05, 0) is 35.8 Å². The second-order valence-corrected chi connectivity index (χ2v) is 6.61. The summed E-state index contributed by atoms with van der Waals surface area (Å²) in [5.74, 6) is 2.05. The van der Waals surface area contributed by atoms with E-state index in [1.54, 1.807) is 51.9 Å². The van der Waals surface area contributed by atoms with E-state index in [0.29, 0.717) is 36.0 Å². The maximum atomic E-state index is 12.2. The van der Waals surface area contributed by atoms with Gasteiger partial charge in [0.2, 0.25) is 11.7 Å². The van der Waals surface area contributed by atoms with Crippen LogP contribution in [0.25, 0.3) is 17.5 Å². The zero-order valence-corrected chi connectivity index (χ0v) is 17.8. The molecule has 3 rings (SSSR count). The average molecular weight is 419 g/mol. The van der Waals surface area contributed by atoms with E-state index >= 15 is 0 Å². The van der Waals surface area contributed by atoms with Crippen LogP contribution in [-0.2, 0) is 11.2 Å². The molecule has 1 heterocycles. The molecular formula is C24H25N3O4. The van der Waals surface area contributed by atoms with Crippen LogP contribution < -0.4 is 19.5 Å². The van der Waals surface area contributed by atoms with E-state index in [1.807, 2.05) is 30.3 Å². The Morgan fingerprint density at radius 1 is 0.968 bits per heavy atom. The minimum atomic E-state index is -0.199. The van der Waals surface area contributed by atoms with Gasteiger partial charge in [-0.25, -0.2) is 9.97 Å². The molecule has 3 aromatic rings. The van der Waals surface area contributed by atoms with Crippen LogP contribution in [0.3, 0.4) is 0 Å². The van der Waals surface area contributed by atoms with Crippen molar-refractivity contribution in [2.75, 3.05) is 27.9 Å². The summed E-state index contributed by atoms with van der Waals surface area (Å²) in [6.45, 7) is 0.479. The molecule has 31 heavy (non-hydrogen) atoms. The molecule has 0 radical (unpaired) electrons. The Morgan fingerprint density at radius 2 is 1.61 bits per heavy atom. The molecule has 0 aliphatic heterocycles. The van der Waals surface area contributed by atoms with Crippen LogP contribution in [-0.4, -0.2) is 43.7 Å². The summed E-state index contributed by atoms with van der Waals surface area (Å²) >= 11 is 0. The molecule has 1 aromatic heterocycles. The van der Waals surface area contributed by atoms with Crippen LogP contribution in [0.5, 0.6) is 17.2 Å². The van der Waals surface area contributed by atoms with Crippen molar-refractivity contribution in [1.82, 2.24) is 15.3 Å². The Kier molecular flexibility index (Phi) is 7.59. The topological polar surface area (TPSA) is 82.6 Å². The molecule has 0 atom stereocenters. The summed E-state index contributed by atoms with van der Waals surface area (Å²) in [7, 11) is 4.64. The van der Waals surface area contributed by atoms with Gasteiger partial charge >= 0.3 is 0 Å². The first kappa shape index (κ1) is 21.8. The van der Waals surface area contributed by atoms with Crippen molar-refractivity contribution in [1.29, 1.82) is 0 Å². The van der Waals surface area contributed by atoms with Crippen LogP contribution >= 0.6 is 0 Å². The van der Waals surface area contributed by atoms with Crippen LogP contribution in [0.1, 0.15) is 11.1 Å². The molecule has 1 N–H and O–H groups in total. The molecule has 0 bridgehead atoms. The quantitative estimate of drug-likeness (QED) is 0.534. The molecular weight excluding hydrogens is 394 g/mol. The summed E-state index contributed by atoms with van der Waals surface area (Å²) < 4.78 is 16.0. The van der Waals surface area contributed by atoms with Gasteiger partial charge in [-0.2, -0.15) is 0 Å². The van der Waals surface area contributed by atoms with Crippen molar-refractivity contribution in [3.63, 3.8) is 0 Å². The highest BCUT2D eigenvalue weighted by atomic mass is 16.5. The number of carbonyl (C=O) groups excluding carboxylic acids is 1. The van der Waals surface area contributed by atoms with E-state index in [0.717, 1.165) is 16.7 Å². The van der Waals surface area contributed by atoms with Crippen molar-refractivity contribution in [2.45, 2.75) is 6.42 Å². The molecule has 0 spiro atoms. The van der Waals surface area contributed by atoms with Gasteiger partial charge in [-0.1, -0.05) is 30.3 Å². The predicted molar refractivity (Wildman–Crippen MR) is 119 cm³/mol. The van der Waals surface area contributed by atoms with Gasteiger partial charge in [0.15, 0.2) is 17.3 Å². The summed E-state index contributed by atoms with van der Waals surface area (Å²) in [6, 6.07) is 13.3. The molecule has 1 amide bonds. The molecule has 0 aliphatic rings. The van der Waals surface area contributed by atoms with Gasteiger partial charge in [-0.15, -0.1) is 0 Å². The van der Waals surface area contributed by atoms with Gasteiger partial charge in [0, 0.05) is 30.6 Å². The highest BCUT2D eigenvalue weighted by Gasteiger charge is 2.12. The monoisotopic (exact) mass is 419 g/mol. The lowest BCUT2D eigenvalue weighted by molar-refractivity contribution is -0.116. The third kappa shape index (κ3) is 5.82. The summed E-state index contributed by atoms with van der Waals surface area (Å²) in [6.07, 6.45) is 7.37. The highest BCUT2D eigenvalue weighted by molar-refractivity contribution is 5.91. The first-order valence-electron chi connectivity index (χ1n) is 9.77. The van der Waals surface area contributed by atoms with E-state index in [2.05, 4.69) is 15.3 Å². The molecule has 7 nitrogen and oxygen atoms in total. The largest absolute Gasteiger partial charge is 0.493 e. The first-order chi connectivity index (χ1) is 15.1. The third-order valence-electron chi connectivity index (χ3n) is 4.56. The number of carbonyl (C=O) groups is 1. The van der Waals surface area contributed by atoms with Gasteiger partial charge in [0.05, 0.1) is 21.3 Å². The zero-order chi connectivity index (χ0) is 22.1. The van der Waals surface area contributed by atoms with Gasteiger partial charge in [0.25, 0.3) is 0 Å². The molecule has 7 heteroatoms. The van der Waals surface area contributed by atoms with E-state index < -0.39 is 0 Å². The molecule has 0 saturated carbocycles. The number of benzene rings is 2. The van der Waals surface area contributed by atoms with Crippen LogP contribution in [0, 0.1) is 0 Å². The number of nitrogens with zero attached hydrogens (tertiary/aromatic N) is 2. The lowest BCUT2D eigenvalue weighted by Gasteiger charge is -2.12. The number of aromatic nitrogens is 2. The van der Waals surface area contributed by atoms with Crippen molar-refractivity contribution in [2.24, 2.45) is 0 Å². The fourth-order valence-electron chi connectivity index (χ4n) is 2.98. The van der Waals surface area contributed by atoms with E-state index in [4.69, 9.17) is 14.2 Å². The average Bonchev–Trinajstić information content (AvgIpc) is 2.83. The summed E-state index contributed by atoms with van der Waals surface area (Å²) in [4.78, 5) is 21.0. The standard InChI is InChI=1S/C24H25N3O4/c1-29-20-13-17(14-21(30-2)23(20)31-3)9-10-22(28)25-12-11-18-15-26-24(27-16-18)19-7-5-4-6-8-19/h4-10,13-16H,11-12H2,1-3H3,(H,25,28). The second kappa shape index (κ2) is 10.8. The summed E-state index contributed by atoms with van der Waals surface area (Å²) in [5.41, 5.74) is 2.68. The van der Waals surface area contributed by atoms with Gasteiger partial charge in [0.1, 0.15) is 0 Å². The molecule has 0 fully saturated rings. The lowest BCUT2D eigenvalue weighted by Crippen LogP contribution is -2.23. The number of amides is 1. The Bertz CT molecular complexity index is 1010. The third-order valence-corrected chi connectivity index (χ3v) is 4.56. The minimum absolute atomic E-state index is 0.199. The Hall–Kier alpha value is -3.87. The molecule has 0 aliphatic carbocycles. The highest BCUT2D eigenvalue weighted by Crippen LogP contribution is 2.38. The minimum Gasteiger partial charge on any atom is -0.493 e. The number of nitrogens with one attached hydrogen (secondary N) is 1. The SMILES string of the molecule is COc1cc(C=CC(=O)NCCc2cnc(-c3ccccc3)nc2)cc(OC)c1OC. The van der Waals surface area contributed by atoms with Gasteiger partial charge < -0.3 is 19.5 Å². The molecule has 2 aromatic carbocycles. The maximum absolute atomic E-state index is 12.2. The van der Waals surface area contributed by atoms with E-state index in [1.165, 1.54) is 6.08 Å². The Morgan fingerprint density at radius 3 is 2.19 bits per heavy atom. The smallest absolute Gasteiger partial charge is 0.244 e. The molecule has 0 unspecified atom stereocenters. The normalized spacial score (nSPS) is 10.7. The maximum Gasteiger partial charge on any atom is 0.244 e. The number of rotatable bonds is 9. The number of methoxy groups -OCH3 is 3. The number of ether oxygens (including phenoxy) is 3. The van der Waals surface area contributed by atoms with Crippen molar-refractivity contribution >= 4 is 12.0 Å². The second-order valence-electron chi connectivity index (χ2n) is 6.61. The van der Waals surface area contributed by atoms with E-state index in [-0.39, 0.29) is 5.91 Å². The van der Waals surface area contributed by atoms with Crippen LogP contribution in [0.4, 0.5) is 0 Å². The molecule has 0 saturated heterocycles. The van der Waals surface area contributed by atoms with Crippen LogP contribution in [0.15, 0.2) is 60.9 Å². The van der Waals surface area contributed by atoms with Crippen molar-refractivity contribution in [3.8, 4) is 28.6 Å². The van der Waals surface area contributed by atoms with Gasteiger partial charge in [-0.3, -0.25) is 4.79 Å². The fraction of sp³-hybridized carbons (Fsp3) is 0.208. The first-order valence-corrected chi connectivity index (χ1v) is 9.77. The Balaban J connectivity index is 1.54. The molecule has 160 valence electrons. The lowest BCUT2D eigenvalue weighted by atomic mass is 10.1.